The molecule has 1 aromatic heterocycles. The summed E-state index contributed by atoms with van der Waals surface area (Å²) in [5, 5.41) is 8.87. The Morgan fingerprint density at radius 3 is 2.89 bits per heavy atom. The summed E-state index contributed by atoms with van der Waals surface area (Å²) in [7, 11) is 0. The van der Waals surface area contributed by atoms with Gasteiger partial charge in [0, 0.05) is 6.20 Å². The van der Waals surface area contributed by atoms with Crippen molar-refractivity contribution in [3.8, 4) is 17.2 Å². The van der Waals surface area contributed by atoms with Gasteiger partial charge in [-0.3, -0.25) is 0 Å². The lowest BCUT2D eigenvalue weighted by Gasteiger charge is -2.08. The van der Waals surface area contributed by atoms with Gasteiger partial charge in [0.15, 0.2) is 0 Å². The maximum Gasteiger partial charge on any atom is 0.338 e. The fourth-order valence-corrected chi connectivity index (χ4v) is 1.78. The van der Waals surface area contributed by atoms with E-state index in [-0.39, 0.29) is 5.97 Å². The van der Waals surface area contributed by atoms with E-state index < -0.39 is 0 Å². The molecule has 1 heterocycles. The lowest BCUT2D eigenvalue weighted by atomic mass is 10.00. The lowest BCUT2D eigenvalue weighted by Crippen LogP contribution is -2.06. The molecule has 0 unspecified atom stereocenters. The Morgan fingerprint density at radius 1 is 1.37 bits per heavy atom. The monoisotopic (exact) mass is 252 g/mol. The molecule has 0 spiro atoms. The van der Waals surface area contributed by atoms with Crippen molar-refractivity contribution in [1.82, 2.24) is 4.98 Å². The molecule has 0 aliphatic carbocycles. The Bertz CT molecular complexity index is 645. The fraction of sp³-hybridized carbons (Fsp3) is 0.133. The second-order valence-corrected chi connectivity index (χ2v) is 3.81. The molecule has 0 amide bonds. The Kier molecular flexibility index (Phi) is 3.89. The molecule has 0 bridgehead atoms. The van der Waals surface area contributed by atoms with Crippen LogP contribution in [-0.2, 0) is 4.74 Å². The minimum absolute atomic E-state index is 0.316. The number of benzene rings is 1. The molecule has 0 atom stereocenters. The van der Waals surface area contributed by atoms with Gasteiger partial charge in [-0.2, -0.15) is 5.26 Å². The van der Waals surface area contributed by atoms with E-state index >= 15 is 0 Å². The highest BCUT2D eigenvalue weighted by Crippen LogP contribution is 2.24. The molecule has 94 valence electrons. The largest absolute Gasteiger partial charge is 0.462 e. The molecule has 2 aromatic rings. The highest BCUT2D eigenvalue weighted by molar-refractivity contribution is 5.97. The molecule has 0 radical (unpaired) electrons. The minimum Gasteiger partial charge on any atom is -0.462 e. The van der Waals surface area contributed by atoms with Crippen LogP contribution in [0.25, 0.3) is 11.1 Å². The summed E-state index contributed by atoms with van der Waals surface area (Å²) in [6, 6.07) is 12.5. The summed E-state index contributed by atoms with van der Waals surface area (Å²) < 4.78 is 5.03. The van der Waals surface area contributed by atoms with E-state index in [0.29, 0.717) is 17.9 Å². The van der Waals surface area contributed by atoms with Gasteiger partial charge >= 0.3 is 5.97 Å². The summed E-state index contributed by atoms with van der Waals surface area (Å²) in [6.07, 6.45) is 1.55. The lowest BCUT2D eigenvalue weighted by molar-refractivity contribution is 0.0527. The molecular formula is C15H12N2O2. The summed E-state index contributed by atoms with van der Waals surface area (Å²) in [4.78, 5) is 15.8. The van der Waals surface area contributed by atoms with Crippen molar-refractivity contribution >= 4 is 5.97 Å². The molecule has 0 saturated heterocycles. The predicted molar refractivity (Wildman–Crippen MR) is 70.3 cm³/mol. The number of hydrogen-bond acceptors (Lipinski definition) is 4. The summed E-state index contributed by atoms with van der Waals surface area (Å²) in [5.74, 6) is -0.367. The van der Waals surface area contributed by atoms with Crippen LogP contribution in [0.5, 0.6) is 0 Å². The highest BCUT2D eigenvalue weighted by atomic mass is 16.5. The van der Waals surface area contributed by atoms with Crippen molar-refractivity contribution in [2.24, 2.45) is 0 Å². The van der Waals surface area contributed by atoms with Gasteiger partial charge in [0.2, 0.25) is 0 Å². The molecule has 0 fully saturated rings. The van der Waals surface area contributed by atoms with E-state index in [9.17, 15) is 4.79 Å². The van der Waals surface area contributed by atoms with E-state index in [4.69, 9.17) is 10.00 Å². The van der Waals surface area contributed by atoms with Gasteiger partial charge in [-0.25, -0.2) is 9.78 Å². The van der Waals surface area contributed by atoms with Gasteiger partial charge in [0.05, 0.1) is 12.2 Å². The van der Waals surface area contributed by atoms with Crippen LogP contribution in [-0.4, -0.2) is 17.6 Å². The molecule has 19 heavy (non-hydrogen) atoms. The second kappa shape index (κ2) is 5.78. The number of nitrogens with zero attached hydrogens (tertiary/aromatic N) is 2. The first kappa shape index (κ1) is 12.8. The van der Waals surface area contributed by atoms with Crippen LogP contribution in [0.15, 0.2) is 42.6 Å². The zero-order valence-corrected chi connectivity index (χ0v) is 10.5. The maximum atomic E-state index is 11.9. The molecule has 0 saturated carbocycles. The van der Waals surface area contributed by atoms with Gasteiger partial charge in [-0.15, -0.1) is 0 Å². The summed E-state index contributed by atoms with van der Waals surface area (Å²) in [5.41, 5.74) is 2.31. The standard InChI is InChI=1S/C15H12N2O2/c1-2-19-15(18)14-6-4-3-5-13(14)11-7-8-17-12(9-11)10-16/h3-9H,2H2,1H3. The van der Waals surface area contributed by atoms with Gasteiger partial charge < -0.3 is 4.74 Å². The van der Waals surface area contributed by atoms with Crippen molar-refractivity contribution in [1.29, 1.82) is 5.26 Å². The highest BCUT2D eigenvalue weighted by Gasteiger charge is 2.13. The van der Waals surface area contributed by atoms with E-state index in [1.807, 2.05) is 18.2 Å². The maximum absolute atomic E-state index is 11.9. The van der Waals surface area contributed by atoms with Gasteiger partial charge in [-0.05, 0) is 36.2 Å². The van der Waals surface area contributed by atoms with Crippen LogP contribution < -0.4 is 0 Å². The number of esters is 1. The van der Waals surface area contributed by atoms with E-state index in [1.165, 1.54) is 0 Å². The number of hydrogen-bond donors (Lipinski definition) is 0. The van der Waals surface area contributed by atoms with Crippen LogP contribution in [0, 0.1) is 11.3 Å². The molecule has 1 aromatic carbocycles. The van der Waals surface area contributed by atoms with Gasteiger partial charge in [0.25, 0.3) is 0 Å². The Hall–Kier alpha value is -2.67. The topological polar surface area (TPSA) is 63.0 Å². The Morgan fingerprint density at radius 2 is 2.16 bits per heavy atom. The molecule has 4 nitrogen and oxygen atoms in total. The molecular weight excluding hydrogens is 240 g/mol. The van der Waals surface area contributed by atoms with Crippen molar-refractivity contribution in [2.45, 2.75) is 6.92 Å². The number of aromatic nitrogens is 1. The first-order valence-electron chi connectivity index (χ1n) is 5.89. The third kappa shape index (κ3) is 2.78. The Balaban J connectivity index is 2.50. The van der Waals surface area contributed by atoms with E-state index in [2.05, 4.69) is 4.98 Å². The third-order valence-electron chi connectivity index (χ3n) is 2.61. The van der Waals surface area contributed by atoms with E-state index in [1.54, 1.807) is 37.4 Å². The zero-order chi connectivity index (χ0) is 13.7. The molecule has 0 aliphatic heterocycles. The molecule has 0 N–H and O–H groups in total. The smallest absolute Gasteiger partial charge is 0.338 e. The van der Waals surface area contributed by atoms with Crippen molar-refractivity contribution < 1.29 is 9.53 Å². The van der Waals surface area contributed by atoms with Crippen LogP contribution in [0.1, 0.15) is 23.0 Å². The number of rotatable bonds is 3. The number of pyridine rings is 1. The van der Waals surface area contributed by atoms with Crippen molar-refractivity contribution in [2.75, 3.05) is 6.61 Å². The van der Waals surface area contributed by atoms with Crippen LogP contribution in [0.4, 0.5) is 0 Å². The fourth-order valence-electron chi connectivity index (χ4n) is 1.78. The van der Waals surface area contributed by atoms with Gasteiger partial charge in [0.1, 0.15) is 11.8 Å². The quantitative estimate of drug-likeness (QED) is 0.788. The van der Waals surface area contributed by atoms with E-state index in [0.717, 1.165) is 11.1 Å². The van der Waals surface area contributed by atoms with Crippen LogP contribution in [0.3, 0.4) is 0 Å². The zero-order valence-electron chi connectivity index (χ0n) is 10.5. The SMILES string of the molecule is CCOC(=O)c1ccccc1-c1ccnc(C#N)c1. The number of carbonyl (C=O) groups is 1. The molecule has 4 heteroatoms. The first-order valence-corrected chi connectivity index (χ1v) is 5.89. The molecule has 0 aliphatic rings. The third-order valence-corrected chi connectivity index (χ3v) is 2.61. The molecule has 2 rings (SSSR count). The summed E-state index contributed by atoms with van der Waals surface area (Å²) in [6.45, 7) is 2.09. The summed E-state index contributed by atoms with van der Waals surface area (Å²) >= 11 is 0. The first-order chi connectivity index (χ1) is 9.26. The minimum atomic E-state index is -0.367. The average molecular weight is 252 g/mol. The van der Waals surface area contributed by atoms with Crippen LogP contribution >= 0.6 is 0 Å². The number of ether oxygens (including phenoxy) is 1. The predicted octanol–water partition coefficient (Wildman–Crippen LogP) is 2.80. The number of nitriles is 1. The number of carbonyl (C=O) groups excluding carboxylic acids is 1. The normalized spacial score (nSPS) is 9.68. The average Bonchev–Trinajstić information content (AvgIpc) is 2.47. The second-order valence-electron chi connectivity index (χ2n) is 3.81. The Labute approximate surface area is 111 Å². The van der Waals surface area contributed by atoms with Crippen molar-refractivity contribution in [3.63, 3.8) is 0 Å². The van der Waals surface area contributed by atoms with Crippen LogP contribution in [0.2, 0.25) is 0 Å². The van der Waals surface area contributed by atoms with Gasteiger partial charge in [-0.1, -0.05) is 18.2 Å². The van der Waals surface area contributed by atoms with Crippen molar-refractivity contribution in [3.05, 3.63) is 53.9 Å².